The van der Waals surface area contributed by atoms with Crippen molar-refractivity contribution in [3.05, 3.63) is 81.7 Å². The Kier molecular flexibility index (Phi) is 5.21. The third kappa shape index (κ3) is 3.69. The maximum Gasteiger partial charge on any atom is 0.335 e. The van der Waals surface area contributed by atoms with E-state index < -0.39 is 5.97 Å². The molecule has 2 aromatic carbocycles. The first-order chi connectivity index (χ1) is 12.5. The van der Waals surface area contributed by atoms with Gasteiger partial charge in [-0.15, -0.1) is 0 Å². The number of aryl methyl sites for hydroxylation is 2. The number of aromatic carboxylic acids is 1. The molecule has 134 valence electrons. The van der Waals surface area contributed by atoms with Crippen LogP contribution in [0.5, 0.6) is 0 Å². The molecule has 0 spiro atoms. The molecule has 1 aliphatic heterocycles. The third-order valence-electron chi connectivity index (χ3n) is 5.09. The minimum atomic E-state index is -0.894. The molecule has 1 heterocycles. The van der Waals surface area contributed by atoms with E-state index in [1.165, 1.54) is 16.7 Å². The average molecular weight is 348 g/mol. The lowest BCUT2D eigenvalue weighted by Crippen LogP contribution is -2.18. The Morgan fingerprint density at radius 2 is 2.00 bits per heavy atom. The van der Waals surface area contributed by atoms with Crippen molar-refractivity contribution in [2.45, 2.75) is 33.1 Å². The van der Waals surface area contributed by atoms with Gasteiger partial charge in [-0.2, -0.15) is 0 Å². The van der Waals surface area contributed by atoms with Crippen LogP contribution in [0.4, 0.5) is 0 Å². The van der Waals surface area contributed by atoms with E-state index in [-0.39, 0.29) is 5.92 Å². The summed E-state index contributed by atoms with van der Waals surface area (Å²) in [7, 11) is 0. The Hall–Kier alpha value is -2.88. The maximum absolute atomic E-state index is 11.2. The largest absolute Gasteiger partial charge is 0.478 e. The van der Waals surface area contributed by atoms with E-state index in [0.29, 0.717) is 5.56 Å². The fourth-order valence-corrected chi connectivity index (χ4v) is 3.40. The molecular formula is C22H24N2O2. The van der Waals surface area contributed by atoms with Crippen LogP contribution in [0.25, 0.3) is 0 Å². The summed E-state index contributed by atoms with van der Waals surface area (Å²) in [5.41, 5.74) is 7.27. The number of allylic oxidation sites excluding steroid dienone is 1. The van der Waals surface area contributed by atoms with Crippen LogP contribution in [0.3, 0.4) is 0 Å². The van der Waals surface area contributed by atoms with Gasteiger partial charge in [0, 0.05) is 24.9 Å². The van der Waals surface area contributed by atoms with Crippen LogP contribution in [0.2, 0.25) is 0 Å². The van der Waals surface area contributed by atoms with E-state index >= 15 is 0 Å². The number of nitrogens with one attached hydrogen (secondary N) is 1. The second-order valence-electron chi connectivity index (χ2n) is 6.78. The highest BCUT2D eigenvalue weighted by Crippen LogP contribution is 2.33. The Morgan fingerprint density at radius 1 is 1.19 bits per heavy atom. The normalized spacial score (nSPS) is 14.5. The molecule has 0 bridgehead atoms. The SMILES string of the molecule is Cc1cc(C(=O)O)ccc1CC(C1=CNCC=N1)c1cccc(C)c1C. The molecule has 0 radical (unpaired) electrons. The highest BCUT2D eigenvalue weighted by atomic mass is 16.4. The number of carboxylic acid groups (broad SMARTS) is 1. The van der Waals surface area contributed by atoms with Gasteiger partial charge in [-0.25, -0.2) is 4.79 Å². The van der Waals surface area contributed by atoms with Crippen LogP contribution in [-0.2, 0) is 6.42 Å². The molecule has 0 aromatic heterocycles. The maximum atomic E-state index is 11.2. The van der Waals surface area contributed by atoms with Gasteiger partial charge in [0.15, 0.2) is 0 Å². The summed E-state index contributed by atoms with van der Waals surface area (Å²) in [6, 6.07) is 11.7. The molecule has 26 heavy (non-hydrogen) atoms. The average Bonchev–Trinajstić information content (AvgIpc) is 2.64. The van der Waals surface area contributed by atoms with E-state index in [1.807, 2.05) is 25.4 Å². The van der Waals surface area contributed by atoms with Crippen molar-refractivity contribution in [2.75, 3.05) is 6.54 Å². The summed E-state index contributed by atoms with van der Waals surface area (Å²) in [4.78, 5) is 15.8. The Bertz CT molecular complexity index is 897. The molecule has 1 aliphatic rings. The topological polar surface area (TPSA) is 61.7 Å². The number of hydrogen-bond acceptors (Lipinski definition) is 3. The molecule has 3 rings (SSSR count). The monoisotopic (exact) mass is 348 g/mol. The summed E-state index contributed by atoms with van der Waals surface area (Å²) in [6.07, 6.45) is 4.67. The summed E-state index contributed by atoms with van der Waals surface area (Å²) in [5, 5.41) is 12.4. The summed E-state index contributed by atoms with van der Waals surface area (Å²) < 4.78 is 0. The molecule has 2 aromatic rings. The van der Waals surface area contributed by atoms with Crippen molar-refractivity contribution in [1.82, 2.24) is 5.32 Å². The van der Waals surface area contributed by atoms with Gasteiger partial charge in [-0.3, -0.25) is 4.99 Å². The van der Waals surface area contributed by atoms with Crippen molar-refractivity contribution < 1.29 is 9.90 Å². The Balaban J connectivity index is 2.02. The van der Waals surface area contributed by atoms with Crippen LogP contribution in [0, 0.1) is 20.8 Å². The van der Waals surface area contributed by atoms with Gasteiger partial charge in [0.2, 0.25) is 0 Å². The summed E-state index contributed by atoms with van der Waals surface area (Å²) in [6.45, 7) is 6.99. The first kappa shape index (κ1) is 17.9. The predicted molar refractivity (Wildman–Crippen MR) is 105 cm³/mol. The molecule has 1 unspecified atom stereocenters. The number of benzene rings is 2. The summed E-state index contributed by atoms with van der Waals surface area (Å²) in [5.74, 6) is -0.775. The standard InChI is InChI=1S/C22H24N2O2/c1-14-5-4-6-19(16(14)3)20(21-13-23-9-10-24-21)12-17-7-8-18(22(25)26)11-15(17)2/h4-8,10-11,13,20,23H,9,12H2,1-3H3,(H,25,26). The van der Waals surface area contributed by atoms with Gasteiger partial charge in [-0.05, 0) is 67.1 Å². The van der Waals surface area contributed by atoms with Gasteiger partial charge < -0.3 is 10.4 Å². The lowest BCUT2D eigenvalue weighted by molar-refractivity contribution is 0.0696. The van der Waals surface area contributed by atoms with Crippen LogP contribution >= 0.6 is 0 Å². The van der Waals surface area contributed by atoms with Crippen molar-refractivity contribution >= 4 is 12.2 Å². The zero-order valence-corrected chi connectivity index (χ0v) is 15.4. The van der Waals surface area contributed by atoms with Gasteiger partial charge in [0.1, 0.15) is 0 Å². The van der Waals surface area contributed by atoms with Crippen LogP contribution in [0.1, 0.15) is 44.1 Å². The van der Waals surface area contributed by atoms with Gasteiger partial charge >= 0.3 is 5.97 Å². The number of carbonyl (C=O) groups is 1. The number of nitrogens with zero attached hydrogens (tertiary/aromatic N) is 1. The highest BCUT2D eigenvalue weighted by Gasteiger charge is 2.21. The molecule has 0 saturated heterocycles. The second kappa shape index (κ2) is 7.56. The molecule has 0 saturated carbocycles. The second-order valence-corrected chi connectivity index (χ2v) is 6.78. The molecule has 2 N–H and O–H groups in total. The minimum absolute atomic E-state index is 0.119. The molecule has 1 atom stereocenters. The number of rotatable bonds is 5. The van der Waals surface area contributed by atoms with Crippen molar-refractivity contribution in [3.63, 3.8) is 0 Å². The van der Waals surface area contributed by atoms with Gasteiger partial charge in [-0.1, -0.05) is 24.3 Å². The van der Waals surface area contributed by atoms with Crippen LogP contribution in [0.15, 0.2) is 53.3 Å². The smallest absolute Gasteiger partial charge is 0.335 e. The number of hydrogen-bond donors (Lipinski definition) is 2. The van der Waals surface area contributed by atoms with E-state index in [0.717, 1.165) is 29.8 Å². The molecule has 0 amide bonds. The molecule has 4 heteroatoms. The van der Waals surface area contributed by atoms with Crippen molar-refractivity contribution in [2.24, 2.45) is 4.99 Å². The molecule has 4 nitrogen and oxygen atoms in total. The third-order valence-corrected chi connectivity index (χ3v) is 5.09. The molecular weight excluding hydrogens is 324 g/mol. The molecule has 0 fully saturated rings. The first-order valence-corrected chi connectivity index (χ1v) is 8.82. The minimum Gasteiger partial charge on any atom is -0.478 e. The first-order valence-electron chi connectivity index (χ1n) is 8.82. The fourth-order valence-electron chi connectivity index (χ4n) is 3.40. The molecule has 0 aliphatic carbocycles. The zero-order chi connectivity index (χ0) is 18.7. The van der Waals surface area contributed by atoms with E-state index in [9.17, 15) is 9.90 Å². The quantitative estimate of drug-likeness (QED) is 0.853. The lowest BCUT2D eigenvalue weighted by Gasteiger charge is -2.24. The van der Waals surface area contributed by atoms with Crippen LogP contribution < -0.4 is 5.32 Å². The Labute approximate surface area is 154 Å². The van der Waals surface area contributed by atoms with Gasteiger partial charge in [0.05, 0.1) is 11.3 Å². The predicted octanol–water partition coefficient (Wildman–Crippen LogP) is 4.15. The van der Waals surface area contributed by atoms with E-state index in [1.54, 1.807) is 12.1 Å². The van der Waals surface area contributed by atoms with E-state index in [4.69, 9.17) is 0 Å². The highest BCUT2D eigenvalue weighted by molar-refractivity contribution is 5.87. The zero-order valence-electron chi connectivity index (χ0n) is 15.4. The lowest BCUT2D eigenvalue weighted by atomic mass is 9.84. The summed E-state index contributed by atoms with van der Waals surface area (Å²) >= 11 is 0. The van der Waals surface area contributed by atoms with Crippen LogP contribution in [-0.4, -0.2) is 23.8 Å². The number of carboxylic acids is 1. The van der Waals surface area contributed by atoms with Gasteiger partial charge in [0.25, 0.3) is 0 Å². The van der Waals surface area contributed by atoms with E-state index in [2.05, 4.69) is 42.4 Å². The van der Waals surface area contributed by atoms with Crippen molar-refractivity contribution in [3.8, 4) is 0 Å². The number of aliphatic imine (C=N–C) groups is 1. The fraction of sp³-hybridized carbons (Fsp3) is 0.273. The Morgan fingerprint density at radius 3 is 2.65 bits per heavy atom. The van der Waals surface area contributed by atoms with Crippen molar-refractivity contribution in [1.29, 1.82) is 0 Å².